The molecule has 0 aliphatic rings. The topological polar surface area (TPSA) is 68.6 Å². The lowest BCUT2D eigenvalue weighted by Crippen LogP contribution is -2.17. The number of rotatable bonds is 8. The molecule has 0 rings (SSSR count). The van der Waals surface area contributed by atoms with Crippen LogP contribution in [-0.2, 0) is 19.3 Å². The second kappa shape index (κ2) is 9.82. The fraction of sp³-hybridized carbons (Fsp3) is 0.667. The number of nitrogens with zero attached hydrogens (tertiary/aromatic N) is 1. The van der Waals surface area contributed by atoms with Crippen LogP contribution in [-0.4, -0.2) is 18.9 Å². The minimum atomic E-state index is -0.791. The van der Waals surface area contributed by atoms with Crippen molar-refractivity contribution < 1.29 is 19.3 Å². The maximum Gasteiger partial charge on any atom is 0.383 e. The summed E-state index contributed by atoms with van der Waals surface area (Å²) in [6, 6.07) is 1.74. The lowest BCUT2D eigenvalue weighted by atomic mass is 10.2. The summed E-state index contributed by atoms with van der Waals surface area (Å²) in [5.74, 6) is -0.791. The number of hydrogen-bond donors (Lipinski definition) is 0. The molecule has 0 radical (unpaired) electrons. The average Bonchev–Trinajstić information content (AvgIpc) is 2.33. The summed E-state index contributed by atoms with van der Waals surface area (Å²) >= 11 is 0. The summed E-state index contributed by atoms with van der Waals surface area (Å²) in [6.45, 7) is 6.04. The molecule has 0 aromatic rings. The number of ether oxygens (including phenoxy) is 1. The molecule has 0 aliphatic heterocycles. The zero-order valence-electron chi connectivity index (χ0n) is 10.6. The monoisotopic (exact) mass is 241 g/mol. The highest BCUT2D eigenvalue weighted by atomic mass is 17.2. The average molecular weight is 241 g/mol. The van der Waals surface area contributed by atoms with E-state index in [9.17, 15) is 4.79 Å². The van der Waals surface area contributed by atoms with Gasteiger partial charge in [0, 0.05) is 6.61 Å². The Balaban J connectivity index is 3.91. The SMILES string of the molecule is CCC=C(C#N)C(=O)OOC(C)OCCCC. The fourth-order valence-electron chi connectivity index (χ4n) is 0.956. The van der Waals surface area contributed by atoms with Gasteiger partial charge in [-0.25, -0.2) is 4.79 Å². The predicted octanol–water partition coefficient (Wildman–Crippen LogP) is 2.48. The van der Waals surface area contributed by atoms with Crippen molar-refractivity contribution >= 4 is 5.97 Å². The summed E-state index contributed by atoms with van der Waals surface area (Å²) in [5.41, 5.74) is -0.0618. The second-order valence-electron chi connectivity index (χ2n) is 3.40. The van der Waals surface area contributed by atoms with Crippen LogP contribution in [0.4, 0.5) is 0 Å². The van der Waals surface area contributed by atoms with Crippen molar-refractivity contribution in [1.82, 2.24) is 0 Å². The number of hydrogen-bond acceptors (Lipinski definition) is 5. The predicted molar refractivity (Wildman–Crippen MR) is 61.5 cm³/mol. The number of carbonyl (C=O) groups is 1. The number of allylic oxidation sites excluding steroid dienone is 1. The largest absolute Gasteiger partial charge is 0.383 e. The Kier molecular flexibility index (Phi) is 9.02. The summed E-state index contributed by atoms with van der Waals surface area (Å²) < 4.78 is 5.20. The Morgan fingerprint density at radius 1 is 1.47 bits per heavy atom. The maximum absolute atomic E-state index is 11.3. The number of unbranched alkanes of at least 4 members (excludes halogenated alkanes) is 1. The molecule has 0 aromatic carbocycles. The third-order valence-corrected chi connectivity index (χ3v) is 1.86. The van der Waals surface area contributed by atoms with Crippen LogP contribution in [0.1, 0.15) is 40.0 Å². The summed E-state index contributed by atoms with van der Waals surface area (Å²) in [4.78, 5) is 20.5. The third-order valence-electron chi connectivity index (χ3n) is 1.86. The molecule has 0 saturated heterocycles. The van der Waals surface area contributed by atoms with Gasteiger partial charge in [-0.2, -0.15) is 10.1 Å². The van der Waals surface area contributed by atoms with Crippen molar-refractivity contribution in [2.75, 3.05) is 6.61 Å². The first-order valence-electron chi connectivity index (χ1n) is 5.75. The summed E-state index contributed by atoms with van der Waals surface area (Å²) in [5, 5.41) is 8.66. The van der Waals surface area contributed by atoms with Gasteiger partial charge < -0.3 is 4.74 Å². The Hall–Kier alpha value is -1.38. The van der Waals surface area contributed by atoms with Gasteiger partial charge in [-0.05, 0) is 19.8 Å². The van der Waals surface area contributed by atoms with Gasteiger partial charge >= 0.3 is 5.97 Å². The molecule has 0 saturated carbocycles. The molecule has 0 bridgehead atoms. The zero-order chi connectivity index (χ0) is 13.1. The molecule has 0 heterocycles. The molecule has 0 spiro atoms. The van der Waals surface area contributed by atoms with E-state index in [1.54, 1.807) is 13.0 Å². The third kappa shape index (κ3) is 7.50. The Morgan fingerprint density at radius 2 is 2.18 bits per heavy atom. The maximum atomic E-state index is 11.3. The van der Waals surface area contributed by atoms with E-state index in [4.69, 9.17) is 14.9 Å². The van der Waals surface area contributed by atoms with Crippen LogP contribution in [0.15, 0.2) is 11.6 Å². The standard InChI is InChI=1S/C12H19NO4/c1-4-6-8-15-10(3)16-17-12(14)11(9-13)7-5-2/h7,10H,4-6,8H2,1-3H3. The van der Waals surface area contributed by atoms with Crippen LogP contribution < -0.4 is 0 Å². The van der Waals surface area contributed by atoms with Gasteiger partial charge in [0.15, 0.2) is 6.29 Å². The quantitative estimate of drug-likeness (QED) is 0.163. The summed E-state index contributed by atoms with van der Waals surface area (Å²) in [6.07, 6.45) is 3.37. The van der Waals surface area contributed by atoms with Crippen molar-refractivity contribution in [2.24, 2.45) is 0 Å². The Morgan fingerprint density at radius 3 is 2.71 bits per heavy atom. The zero-order valence-corrected chi connectivity index (χ0v) is 10.6. The highest BCUT2D eigenvalue weighted by molar-refractivity contribution is 5.92. The molecular weight excluding hydrogens is 222 g/mol. The van der Waals surface area contributed by atoms with Crippen LogP contribution >= 0.6 is 0 Å². The van der Waals surface area contributed by atoms with E-state index in [1.807, 2.05) is 13.8 Å². The van der Waals surface area contributed by atoms with Gasteiger partial charge in [0.05, 0.1) is 0 Å². The highest BCUT2D eigenvalue weighted by Gasteiger charge is 2.13. The van der Waals surface area contributed by atoms with Gasteiger partial charge in [0.25, 0.3) is 0 Å². The molecule has 17 heavy (non-hydrogen) atoms. The van der Waals surface area contributed by atoms with Gasteiger partial charge in [-0.3, -0.25) is 4.89 Å². The van der Waals surface area contributed by atoms with Crippen LogP contribution in [0.25, 0.3) is 0 Å². The molecule has 0 aromatic heterocycles. The van der Waals surface area contributed by atoms with Gasteiger partial charge in [0.1, 0.15) is 11.6 Å². The van der Waals surface area contributed by atoms with Crippen LogP contribution in [0.3, 0.4) is 0 Å². The number of nitriles is 1. The van der Waals surface area contributed by atoms with Gasteiger partial charge in [-0.15, -0.1) is 0 Å². The van der Waals surface area contributed by atoms with E-state index in [2.05, 4.69) is 4.89 Å². The molecule has 1 unspecified atom stereocenters. The molecule has 0 N–H and O–H groups in total. The van der Waals surface area contributed by atoms with Crippen molar-refractivity contribution in [3.8, 4) is 6.07 Å². The molecule has 0 fully saturated rings. The van der Waals surface area contributed by atoms with Crippen LogP contribution in [0, 0.1) is 11.3 Å². The molecule has 0 amide bonds. The van der Waals surface area contributed by atoms with E-state index < -0.39 is 12.3 Å². The first kappa shape index (κ1) is 15.6. The fourth-order valence-corrected chi connectivity index (χ4v) is 0.956. The Labute approximate surface area is 102 Å². The minimum absolute atomic E-state index is 0.0618. The van der Waals surface area contributed by atoms with Crippen molar-refractivity contribution in [3.63, 3.8) is 0 Å². The molecule has 5 nitrogen and oxygen atoms in total. The molecule has 1 atom stereocenters. The van der Waals surface area contributed by atoms with E-state index in [0.717, 1.165) is 12.8 Å². The smallest absolute Gasteiger partial charge is 0.349 e. The molecule has 96 valence electrons. The highest BCUT2D eigenvalue weighted by Crippen LogP contribution is 2.03. The Bertz CT molecular complexity index is 293. The van der Waals surface area contributed by atoms with E-state index in [1.165, 1.54) is 6.08 Å². The number of carbonyl (C=O) groups excluding carboxylic acids is 1. The van der Waals surface area contributed by atoms with E-state index in [0.29, 0.717) is 13.0 Å². The summed E-state index contributed by atoms with van der Waals surface area (Å²) in [7, 11) is 0. The van der Waals surface area contributed by atoms with Crippen molar-refractivity contribution in [3.05, 3.63) is 11.6 Å². The van der Waals surface area contributed by atoms with E-state index in [-0.39, 0.29) is 5.57 Å². The molecule has 5 heteroatoms. The van der Waals surface area contributed by atoms with Crippen molar-refractivity contribution in [2.45, 2.75) is 46.3 Å². The normalized spacial score (nSPS) is 12.9. The van der Waals surface area contributed by atoms with Gasteiger partial charge in [0.2, 0.25) is 0 Å². The van der Waals surface area contributed by atoms with Gasteiger partial charge in [-0.1, -0.05) is 26.3 Å². The van der Waals surface area contributed by atoms with E-state index >= 15 is 0 Å². The lowest BCUT2D eigenvalue weighted by Gasteiger charge is -2.11. The first-order valence-corrected chi connectivity index (χ1v) is 5.75. The second-order valence-corrected chi connectivity index (χ2v) is 3.40. The minimum Gasteiger partial charge on any atom is -0.349 e. The molecule has 0 aliphatic carbocycles. The van der Waals surface area contributed by atoms with Crippen LogP contribution in [0.2, 0.25) is 0 Å². The van der Waals surface area contributed by atoms with Crippen molar-refractivity contribution in [1.29, 1.82) is 5.26 Å². The first-order chi connectivity index (χ1) is 8.15. The lowest BCUT2D eigenvalue weighted by molar-refractivity contribution is -0.344. The molecular formula is C12H19NO4. The van der Waals surface area contributed by atoms with Crippen LogP contribution in [0.5, 0.6) is 0 Å².